The molecule has 14 heavy (non-hydrogen) atoms. The smallest absolute Gasteiger partial charge is 0.229 e. The first-order valence-electron chi connectivity index (χ1n) is 3.85. The standard InChI is InChI=1S/C9H11NO2S.BrH/c10-9(11)7-13-12-6-8-4-2-1-3-5-8;/h1-5H,6-7H2,(H2,10,11);1H. The average molecular weight is 278 g/mol. The van der Waals surface area contributed by atoms with Crippen molar-refractivity contribution >= 4 is 34.9 Å². The zero-order valence-corrected chi connectivity index (χ0v) is 10.0. The van der Waals surface area contributed by atoms with E-state index in [0.717, 1.165) is 17.6 Å². The summed E-state index contributed by atoms with van der Waals surface area (Å²) in [6.45, 7) is 0.499. The fourth-order valence-electron chi connectivity index (χ4n) is 0.784. The first-order valence-corrected chi connectivity index (χ1v) is 4.77. The lowest BCUT2D eigenvalue weighted by molar-refractivity contribution is -0.115. The Morgan fingerprint density at radius 3 is 2.57 bits per heavy atom. The highest BCUT2D eigenvalue weighted by molar-refractivity contribution is 8.93. The van der Waals surface area contributed by atoms with Crippen LogP contribution in [0.4, 0.5) is 0 Å². The highest BCUT2D eigenvalue weighted by atomic mass is 79.9. The van der Waals surface area contributed by atoms with E-state index in [0.29, 0.717) is 6.61 Å². The van der Waals surface area contributed by atoms with Crippen LogP contribution < -0.4 is 5.73 Å². The van der Waals surface area contributed by atoms with E-state index in [1.165, 1.54) is 0 Å². The van der Waals surface area contributed by atoms with E-state index in [2.05, 4.69) is 0 Å². The molecule has 1 aromatic rings. The first kappa shape index (κ1) is 13.5. The molecule has 0 heterocycles. The van der Waals surface area contributed by atoms with Gasteiger partial charge in [-0.2, -0.15) is 0 Å². The van der Waals surface area contributed by atoms with Gasteiger partial charge in [0.05, 0.1) is 12.4 Å². The van der Waals surface area contributed by atoms with Gasteiger partial charge in [0.15, 0.2) is 0 Å². The summed E-state index contributed by atoms with van der Waals surface area (Å²) in [7, 11) is 0. The summed E-state index contributed by atoms with van der Waals surface area (Å²) in [4.78, 5) is 10.3. The maximum atomic E-state index is 10.3. The molecule has 1 amide bonds. The molecule has 0 bridgehead atoms. The van der Waals surface area contributed by atoms with Crippen LogP contribution in [-0.4, -0.2) is 11.7 Å². The van der Waals surface area contributed by atoms with E-state index in [-0.39, 0.29) is 28.6 Å². The van der Waals surface area contributed by atoms with Gasteiger partial charge >= 0.3 is 0 Å². The molecule has 0 unspecified atom stereocenters. The Hall–Kier alpha value is -0.520. The van der Waals surface area contributed by atoms with Gasteiger partial charge in [-0.25, -0.2) is 0 Å². The normalized spacial score (nSPS) is 9.14. The number of rotatable bonds is 5. The van der Waals surface area contributed by atoms with Gasteiger partial charge in [0, 0.05) is 12.0 Å². The van der Waals surface area contributed by atoms with Crippen molar-refractivity contribution in [2.24, 2.45) is 5.73 Å². The molecule has 0 aliphatic carbocycles. The number of carbonyl (C=O) groups excluding carboxylic acids is 1. The summed E-state index contributed by atoms with van der Waals surface area (Å²) in [6, 6.07) is 9.75. The van der Waals surface area contributed by atoms with Gasteiger partial charge in [-0.3, -0.25) is 4.79 Å². The summed E-state index contributed by atoms with van der Waals surface area (Å²) in [5.41, 5.74) is 6.01. The summed E-state index contributed by atoms with van der Waals surface area (Å²) >= 11 is 1.08. The molecule has 2 N–H and O–H groups in total. The van der Waals surface area contributed by atoms with Crippen LogP contribution in [0.15, 0.2) is 30.3 Å². The minimum atomic E-state index is -0.363. The molecule has 0 saturated carbocycles. The summed E-state index contributed by atoms with van der Waals surface area (Å²) < 4.78 is 5.15. The fourth-order valence-corrected chi connectivity index (χ4v) is 1.20. The molecule has 3 nitrogen and oxygen atoms in total. The van der Waals surface area contributed by atoms with E-state index in [4.69, 9.17) is 9.92 Å². The summed E-state index contributed by atoms with van der Waals surface area (Å²) in [5.74, 6) is -0.162. The van der Waals surface area contributed by atoms with Gasteiger partial charge in [0.2, 0.25) is 5.91 Å². The number of benzene rings is 1. The molecular formula is C9H12BrNO2S. The van der Waals surface area contributed by atoms with Crippen LogP contribution >= 0.6 is 29.0 Å². The predicted molar refractivity (Wildman–Crippen MR) is 63.2 cm³/mol. The zero-order chi connectivity index (χ0) is 9.52. The maximum absolute atomic E-state index is 10.3. The van der Waals surface area contributed by atoms with Crippen molar-refractivity contribution in [3.63, 3.8) is 0 Å². The third-order valence-electron chi connectivity index (χ3n) is 1.35. The van der Waals surface area contributed by atoms with Crippen molar-refractivity contribution in [3.8, 4) is 0 Å². The number of amides is 1. The van der Waals surface area contributed by atoms with E-state index in [1.54, 1.807) is 0 Å². The second-order valence-electron chi connectivity index (χ2n) is 2.48. The SMILES string of the molecule is Br.NC(=O)CSOCc1ccccc1. The largest absolute Gasteiger partial charge is 0.369 e. The van der Waals surface area contributed by atoms with Crippen LogP contribution in [0.2, 0.25) is 0 Å². The Labute approximate surface area is 98.0 Å². The van der Waals surface area contributed by atoms with Gasteiger partial charge in [0.25, 0.3) is 0 Å². The first-order chi connectivity index (χ1) is 6.29. The zero-order valence-electron chi connectivity index (χ0n) is 7.51. The van der Waals surface area contributed by atoms with Crippen molar-refractivity contribution in [1.82, 2.24) is 0 Å². The van der Waals surface area contributed by atoms with Crippen LogP contribution in [0.3, 0.4) is 0 Å². The molecule has 0 aliphatic rings. The minimum Gasteiger partial charge on any atom is -0.369 e. The molecule has 0 saturated heterocycles. The fraction of sp³-hybridized carbons (Fsp3) is 0.222. The molecule has 0 aromatic heterocycles. The van der Waals surface area contributed by atoms with E-state index < -0.39 is 0 Å². The molecule has 0 atom stereocenters. The molecule has 0 radical (unpaired) electrons. The van der Waals surface area contributed by atoms with E-state index in [1.807, 2.05) is 30.3 Å². The molecule has 0 fully saturated rings. The van der Waals surface area contributed by atoms with Crippen molar-refractivity contribution in [3.05, 3.63) is 35.9 Å². The number of nitrogens with two attached hydrogens (primary N) is 1. The lowest BCUT2D eigenvalue weighted by atomic mass is 10.2. The van der Waals surface area contributed by atoms with Gasteiger partial charge in [-0.1, -0.05) is 30.3 Å². The third kappa shape index (κ3) is 6.01. The molecule has 1 rings (SSSR count). The van der Waals surface area contributed by atoms with Gasteiger partial charge < -0.3 is 9.92 Å². The minimum absolute atomic E-state index is 0. The maximum Gasteiger partial charge on any atom is 0.229 e. The molecule has 5 heteroatoms. The van der Waals surface area contributed by atoms with E-state index >= 15 is 0 Å². The Morgan fingerprint density at radius 1 is 1.36 bits per heavy atom. The number of hydrogen-bond donors (Lipinski definition) is 1. The molecule has 0 aliphatic heterocycles. The average Bonchev–Trinajstić information content (AvgIpc) is 2.14. The Morgan fingerprint density at radius 2 is 2.00 bits per heavy atom. The highest BCUT2D eigenvalue weighted by Crippen LogP contribution is 2.07. The van der Waals surface area contributed by atoms with Crippen LogP contribution in [0.5, 0.6) is 0 Å². The van der Waals surface area contributed by atoms with Crippen molar-refractivity contribution in [1.29, 1.82) is 0 Å². The lowest BCUT2D eigenvalue weighted by Gasteiger charge is -2.00. The Balaban J connectivity index is 0.00000169. The topological polar surface area (TPSA) is 52.3 Å². The Bertz CT molecular complexity index is 269. The Kier molecular flexibility index (Phi) is 7.55. The summed E-state index contributed by atoms with van der Waals surface area (Å²) in [6.07, 6.45) is 0. The molecule has 0 spiro atoms. The second-order valence-corrected chi connectivity index (χ2v) is 3.24. The number of carbonyl (C=O) groups is 1. The van der Waals surface area contributed by atoms with Crippen LogP contribution in [-0.2, 0) is 15.6 Å². The predicted octanol–water partition coefficient (Wildman–Crippen LogP) is 1.91. The van der Waals surface area contributed by atoms with E-state index in [9.17, 15) is 4.79 Å². The number of primary amides is 1. The van der Waals surface area contributed by atoms with Gasteiger partial charge in [-0.15, -0.1) is 17.0 Å². The number of hydrogen-bond acceptors (Lipinski definition) is 3. The van der Waals surface area contributed by atoms with Crippen LogP contribution in [0.1, 0.15) is 5.56 Å². The monoisotopic (exact) mass is 277 g/mol. The molecule has 1 aromatic carbocycles. The summed E-state index contributed by atoms with van der Waals surface area (Å²) in [5, 5.41) is 0. The van der Waals surface area contributed by atoms with Crippen LogP contribution in [0.25, 0.3) is 0 Å². The van der Waals surface area contributed by atoms with Crippen molar-refractivity contribution < 1.29 is 8.98 Å². The lowest BCUT2D eigenvalue weighted by Crippen LogP contribution is -2.13. The third-order valence-corrected chi connectivity index (χ3v) is 2.04. The van der Waals surface area contributed by atoms with Crippen LogP contribution in [0, 0.1) is 0 Å². The van der Waals surface area contributed by atoms with Crippen molar-refractivity contribution in [2.75, 3.05) is 5.75 Å². The number of halogens is 1. The molecule has 78 valence electrons. The molecular weight excluding hydrogens is 266 g/mol. The highest BCUT2D eigenvalue weighted by Gasteiger charge is 1.95. The van der Waals surface area contributed by atoms with Gasteiger partial charge in [-0.05, 0) is 5.56 Å². The quantitative estimate of drug-likeness (QED) is 0.661. The van der Waals surface area contributed by atoms with Crippen molar-refractivity contribution in [2.45, 2.75) is 6.61 Å². The van der Waals surface area contributed by atoms with Gasteiger partial charge in [0.1, 0.15) is 0 Å². The second kappa shape index (κ2) is 7.84.